The van der Waals surface area contributed by atoms with Crippen LogP contribution in [-0.2, 0) is 4.79 Å². The zero-order valence-corrected chi connectivity index (χ0v) is 7.69. The van der Waals surface area contributed by atoms with Gasteiger partial charge in [0, 0.05) is 20.3 Å². The minimum absolute atomic E-state index is 0.00523. The molecule has 0 atom stereocenters. The molecule has 1 amide bonds. The summed E-state index contributed by atoms with van der Waals surface area (Å²) >= 11 is 0. The van der Waals surface area contributed by atoms with E-state index in [1.807, 2.05) is 0 Å². The Morgan fingerprint density at radius 2 is 2.38 bits per heavy atom. The van der Waals surface area contributed by atoms with Gasteiger partial charge in [-0.1, -0.05) is 0 Å². The van der Waals surface area contributed by atoms with Crippen molar-refractivity contribution in [2.75, 3.05) is 26.0 Å². The van der Waals surface area contributed by atoms with E-state index in [4.69, 9.17) is 0 Å². The van der Waals surface area contributed by atoms with Gasteiger partial charge in [-0.15, -0.1) is 5.10 Å². The average molecular weight is 180 g/mol. The molecule has 0 bridgehead atoms. The van der Waals surface area contributed by atoms with Crippen molar-refractivity contribution in [3.05, 3.63) is 18.3 Å². The Hall–Kier alpha value is -1.65. The van der Waals surface area contributed by atoms with E-state index >= 15 is 0 Å². The first kappa shape index (κ1) is 9.44. The van der Waals surface area contributed by atoms with Crippen LogP contribution in [-0.4, -0.2) is 41.6 Å². The molecule has 5 heteroatoms. The number of anilines is 1. The summed E-state index contributed by atoms with van der Waals surface area (Å²) in [6, 6.07) is 3.52. The van der Waals surface area contributed by atoms with Crippen molar-refractivity contribution < 1.29 is 4.79 Å². The van der Waals surface area contributed by atoms with Gasteiger partial charge in [-0.3, -0.25) is 4.79 Å². The highest BCUT2D eigenvalue weighted by atomic mass is 16.2. The molecular weight excluding hydrogens is 168 g/mol. The molecule has 70 valence electrons. The third-order valence-electron chi connectivity index (χ3n) is 1.49. The van der Waals surface area contributed by atoms with E-state index in [2.05, 4.69) is 15.5 Å². The van der Waals surface area contributed by atoms with Gasteiger partial charge in [0.1, 0.15) is 5.82 Å². The van der Waals surface area contributed by atoms with Crippen LogP contribution >= 0.6 is 0 Å². The van der Waals surface area contributed by atoms with E-state index in [1.54, 1.807) is 32.4 Å². The van der Waals surface area contributed by atoms with Crippen LogP contribution < -0.4 is 5.32 Å². The highest BCUT2D eigenvalue weighted by molar-refractivity contribution is 5.79. The van der Waals surface area contributed by atoms with E-state index in [1.165, 1.54) is 4.90 Å². The van der Waals surface area contributed by atoms with Crippen molar-refractivity contribution in [1.29, 1.82) is 0 Å². The van der Waals surface area contributed by atoms with Gasteiger partial charge in [-0.25, -0.2) is 0 Å². The Labute approximate surface area is 76.8 Å². The molecule has 13 heavy (non-hydrogen) atoms. The molecule has 0 saturated heterocycles. The number of rotatable bonds is 3. The summed E-state index contributed by atoms with van der Waals surface area (Å²) in [5, 5.41) is 10.3. The lowest BCUT2D eigenvalue weighted by molar-refractivity contribution is -0.126. The molecule has 0 radical (unpaired) electrons. The molecule has 0 aromatic carbocycles. The monoisotopic (exact) mass is 180 g/mol. The molecule has 1 N–H and O–H groups in total. The summed E-state index contributed by atoms with van der Waals surface area (Å²) in [7, 11) is 3.42. The molecule has 0 saturated carbocycles. The maximum Gasteiger partial charge on any atom is 0.241 e. The second kappa shape index (κ2) is 4.39. The van der Waals surface area contributed by atoms with Gasteiger partial charge in [-0.05, 0) is 12.1 Å². The first-order valence-electron chi connectivity index (χ1n) is 3.92. The maximum absolute atomic E-state index is 11.1. The van der Waals surface area contributed by atoms with Gasteiger partial charge in [0.15, 0.2) is 0 Å². The zero-order valence-electron chi connectivity index (χ0n) is 7.69. The highest BCUT2D eigenvalue weighted by Gasteiger charge is 2.02. The summed E-state index contributed by atoms with van der Waals surface area (Å²) in [4.78, 5) is 12.6. The Morgan fingerprint density at radius 1 is 1.62 bits per heavy atom. The zero-order chi connectivity index (χ0) is 9.68. The molecule has 0 aliphatic carbocycles. The summed E-state index contributed by atoms with van der Waals surface area (Å²) in [5.41, 5.74) is 0. The van der Waals surface area contributed by atoms with Crippen molar-refractivity contribution in [3.63, 3.8) is 0 Å². The van der Waals surface area contributed by atoms with Gasteiger partial charge < -0.3 is 10.2 Å². The Balaban J connectivity index is 2.40. The van der Waals surface area contributed by atoms with E-state index in [-0.39, 0.29) is 12.5 Å². The predicted molar refractivity (Wildman–Crippen MR) is 49.2 cm³/mol. The fourth-order valence-corrected chi connectivity index (χ4v) is 0.720. The second-order valence-electron chi connectivity index (χ2n) is 2.75. The quantitative estimate of drug-likeness (QED) is 0.710. The molecule has 1 rings (SSSR count). The van der Waals surface area contributed by atoms with Crippen LogP contribution in [0.1, 0.15) is 0 Å². The summed E-state index contributed by atoms with van der Waals surface area (Å²) < 4.78 is 0. The Kier molecular flexibility index (Phi) is 3.19. The molecular formula is C8H12N4O. The van der Waals surface area contributed by atoms with E-state index < -0.39 is 0 Å². The van der Waals surface area contributed by atoms with Gasteiger partial charge in [0.05, 0.1) is 6.54 Å². The van der Waals surface area contributed by atoms with Crippen molar-refractivity contribution >= 4 is 11.7 Å². The van der Waals surface area contributed by atoms with Gasteiger partial charge >= 0.3 is 0 Å². The third-order valence-corrected chi connectivity index (χ3v) is 1.49. The first-order valence-corrected chi connectivity index (χ1v) is 3.92. The molecule has 0 fully saturated rings. The van der Waals surface area contributed by atoms with Crippen LogP contribution in [0.3, 0.4) is 0 Å². The summed E-state index contributed by atoms with van der Waals surface area (Å²) in [6.07, 6.45) is 1.58. The summed E-state index contributed by atoms with van der Waals surface area (Å²) in [6.45, 7) is 0.242. The SMILES string of the molecule is CN(C)C(=O)CNc1cccnn1. The Bertz CT molecular complexity index is 273. The topological polar surface area (TPSA) is 58.1 Å². The van der Waals surface area contributed by atoms with Crippen LogP contribution in [0.2, 0.25) is 0 Å². The van der Waals surface area contributed by atoms with E-state index in [0.29, 0.717) is 5.82 Å². The molecule has 0 unspecified atom stereocenters. The number of nitrogens with one attached hydrogen (secondary N) is 1. The minimum Gasteiger partial charge on any atom is -0.360 e. The molecule has 0 aliphatic heterocycles. The van der Waals surface area contributed by atoms with E-state index in [9.17, 15) is 4.79 Å². The number of likely N-dealkylation sites (N-methyl/N-ethyl adjacent to an activating group) is 1. The van der Waals surface area contributed by atoms with E-state index in [0.717, 1.165) is 0 Å². The fraction of sp³-hybridized carbons (Fsp3) is 0.375. The Morgan fingerprint density at radius 3 is 2.92 bits per heavy atom. The maximum atomic E-state index is 11.1. The molecule has 1 heterocycles. The molecule has 5 nitrogen and oxygen atoms in total. The standard InChI is InChI=1S/C8H12N4O/c1-12(2)8(13)6-9-7-4-3-5-10-11-7/h3-5H,6H2,1-2H3,(H,9,11). The normalized spacial score (nSPS) is 9.38. The van der Waals surface area contributed by atoms with Crippen LogP contribution in [0.4, 0.5) is 5.82 Å². The van der Waals surface area contributed by atoms with Crippen molar-refractivity contribution in [3.8, 4) is 0 Å². The van der Waals surface area contributed by atoms with Gasteiger partial charge in [0.2, 0.25) is 5.91 Å². The predicted octanol–water partition coefficient (Wildman–Crippen LogP) is -0.0233. The number of aromatic nitrogens is 2. The number of hydrogen-bond donors (Lipinski definition) is 1. The lowest BCUT2D eigenvalue weighted by atomic mass is 10.5. The molecule has 1 aromatic rings. The number of hydrogen-bond acceptors (Lipinski definition) is 4. The molecule has 1 aromatic heterocycles. The molecule has 0 spiro atoms. The van der Waals surface area contributed by atoms with Crippen molar-refractivity contribution in [2.45, 2.75) is 0 Å². The van der Waals surface area contributed by atoms with Gasteiger partial charge in [-0.2, -0.15) is 5.10 Å². The number of nitrogens with zero attached hydrogens (tertiary/aromatic N) is 3. The van der Waals surface area contributed by atoms with Crippen molar-refractivity contribution in [2.24, 2.45) is 0 Å². The third kappa shape index (κ3) is 3.06. The largest absolute Gasteiger partial charge is 0.360 e. The second-order valence-corrected chi connectivity index (χ2v) is 2.75. The number of carbonyl (C=O) groups excluding carboxylic acids is 1. The van der Waals surface area contributed by atoms with Gasteiger partial charge in [0.25, 0.3) is 0 Å². The number of amides is 1. The minimum atomic E-state index is 0.00523. The van der Waals surface area contributed by atoms with Crippen LogP contribution in [0.15, 0.2) is 18.3 Å². The molecule has 0 aliphatic rings. The fourth-order valence-electron chi connectivity index (χ4n) is 0.720. The first-order chi connectivity index (χ1) is 6.20. The van der Waals surface area contributed by atoms with Crippen LogP contribution in [0, 0.1) is 0 Å². The van der Waals surface area contributed by atoms with Crippen LogP contribution in [0.5, 0.6) is 0 Å². The number of carbonyl (C=O) groups is 1. The lowest BCUT2D eigenvalue weighted by Crippen LogP contribution is -2.28. The average Bonchev–Trinajstić information content (AvgIpc) is 2.15. The smallest absolute Gasteiger partial charge is 0.241 e. The van der Waals surface area contributed by atoms with Crippen LogP contribution in [0.25, 0.3) is 0 Å². The lowest BCUT2D eigenvalue weighted by Gasteiger charge is -2.10. The highest BCUT2D eigenvalue weighted by Crippen LogP contribution is 1.96. The summed E-state index contributed by atoms with van der Waals surface area (Å²) in [5.74, 6) is 0.614. The van der Waals surface area contributed by atoms with Crippen molar-refractivity contribution in [1.82, 2.24) is 15.1 Å².